The number of rotatable bonds is 2. The van der Waals surface area contributed by atoms with Crippen molar-refractivity contribution in [3.05, 3.63) is 60.2 Å². The monoisotopic (exact) mass is 335 g/mol. The van der Waals surface area contributed by atoms with Gasteiger partial charge in [0.05, 0.1) is 17.4 Å². The van der Waals surface area contributed by atoms with Crippen LogP contribution in [-0.4, -0.2) is 62.7 Å². The summed E-state index contributed by atoms with van der Waals surface area (Å²) >= 11 is 0. The zero-order valence-corrected chi connectivity index (χ0v) is 13.6. The number of hydrogen-bond acceptors (Lipinski definition) is 4. The van der Waals surface area contributed by atoms with Gasteiger partial charge in [0, 0.05) is 49.7 Å². The van der Waals surface area contributed by atoms with Crippen molar-refractivity contribution >= 4 is 22.8 Å². The molecule has 3 heterocycles. The van der Waals surface area contributed by atoms with Gasteiger partial charge >= 0.3 is 0 Å². The molecule has 1 aromatic carbocycles. The Bertz CT molecular complexity index is 913. The van der Waals surface area contributed by atoms with Crippen LogP contribution in [0.25, 0.3) is 11.0 Å². The smallest absolute Gasteiger partial charge is 0.254 e. The van der Waals surface area contributed by atoms with Crippen LogP contribution in [0.5, 0.6) is 0 Å². The fourth-order valence-electron chi connectivity index (χ4n) is 3.04. The van der Waals surface area contributed by atoms with E-state index >= 15 is 0 Å². The van der Waals surface area contributed by atoms with Crippen LogP contribution >= 0.6 is 0 Å². The first-order chi connectivity index (χ1) is 12.2. The fraction of sp³-hybridized carbons (Fsp3) is 0.222. The molecule has 0 bridgehead atoms. The average Bonchev–Trinajstić information content (AvgIpc) is 3.15. The van der Waals surface area contributed by atoms with Crippen LogP contribution in [0.15, 0.2) is 49.1 Å². The van der Waals surface area contributed by atoms with E-state index in [1.165, 1.54) is 0 Å². The zero-order chi connectivity index (χ0) is 17.2. The highest BCUT2D eigenvalue weighted by atomic mass is 16.2. The molecule has 2 aromatic heterocycles. The summed E-state index contributed by atoms with van der Waals surface area (Å²) in [6.07, 6.45) is 4.83. The Morgan fingerprint density at radius 2 is 1.52 bits per heavy atom. The lowest BCUT2D eigenvalue weighted by atomic mass is 10.1. The highest BCUT2D eigenvalue weighted by Gasteiger charge is 2.25. The van der Waals surface area contributed by atoms with Crippen LogP contribution < -0.4 is 0 Å². The molecule has 126 valence electrons. The number of hydrogen-bond donors (Lipinski definition) is 1. The topological polar surface area (TPSA) is 82.2 Å². The third-order valence-electron chi connectivity index (χ3n) is 4.45. The summed E-state index contributed by atoms with van der Waals surface area (Å²) in [5.74, 6) is -0.0408. The van der Waals surface area contributed by atoms with E-state index in [9.17, 15) is 9.59 Å². The van der Waals surface area contributed by atoms with Gasteiger partial charge in [-0.25, -0.2) is 4.98 Å². The minimum absolute atomic E-state index is 0.0200. The molecule has 3 aromatic rings. The van der Waals surface area contributed by atoms with Crippen LogP contribution in [0, 0.1) is 0 Å². The predicted octanol–water partition coefficient (Wildman–Crippen LogP) is 1.56. The maximum atomic E-state index is 12.7. The van der Waals surface area contributed by atoms with Gasteiger partial charge in [0.2, 0.25) is 0 Å². The van der Waals surface area contributed by atoms with E-state index in [1.807, 2.05) is 12.1 Å². The van der Waals surface area contributed by atoms with Crippen LogP contribution in [0.3, 0.4) is 0 Å². The third kappa shape index (κ3) is 2.96. The Kier molecular flexibility index (Phi) is 3.89. The lowest BCUT2D eigenvalue weighted by Gasteiger charge is -2.34. The molecule has 25 heavy (non-hydrogen) atoms. The summed E-state index contributed by atoms with van der Waals surface area (Å²) in [5, 5.41) is 0. The van der Waals surface area contributed by atoms with Crippen molar-refractivity contribution in [3.63, 3.8) is 0 Å². The standard InChI is InChI=1S/C18H17N5O2/c24-17(13-3-5-19-6-4-13)22-7-9-23(10-8-22)18(25)14-1-2-15-16(11-14)21-12-20-15/h1-6,11-12H,7-10H2,(H,20,21). The molecular formula is C18H17N5O2. The van der Waals surface area contributed by atoms with Crippen molar-refractivity contribution in [1.82, 2.24) is 24.8 Å². The second-order valence-corrected chi connectivity index (χ2v) is 5.95. The van der Waals surface area contributed by atoms with E-state index in [0.29, 0.717) is 37.3 Å². The Hall–Kier alpha value is -3.22. The van der Waals surface area contributed by atoms with Crippen molar-refractivity contribution in [1.29, 1.82) is 0 Å². The van der Waals surface area contributed by atoms with Gasteiger partial charge in [0.15, 0.2) is 0 Å². The number of imidazole rings is 1. The van der Waals surface area contributed by atoms with E-state index in [0.717, 1.165) is 11.0 Å². The molecule has 1 N–H and O–H groups in total. The summed E-state index contributed by atoms with van der Waals surface area (Å²) in [5.41, 5.74) is 2.94. The second kappa shape index (κ2) is 6.35. The van der Waals surface area contributed by atoms with Gasteiger partial charge in [-0.1, -0.05) is 0 Å². The van der Waals surface area contributed by atoms with Gasteiger partial charge in [-0.2, -0.15) is 0 Å². The first-order valence-corrected chi connectivity index (χ1v) is 8.14. The summed E-state index contributed by atoms with van der Waals surface area (Å²) in [6.45, 7) is 2.10. The molecule has 1 aliphatic rings. The van der Waals surface area contributed by atoms with Gasteiger partial charge in [-0.05, 0) is 30.3 Å². The summed E-state index contributed by atoms with van der Waals surface area (Å²) in [6, 6.07) is 8.86. The number of carbonyl (C=O) groups excluding carboxylic acids is 2. The molecule has 0 atom stereocenters. The van der Waals surface area contributed by atoms with Gasteiger partial charge in [0.25, 0.3) is 11.8 Å². The average molecular weight is 335 g/mol. The number of pyridine rings is 1. The number of aromatic nitrogens is 3. The van der Waals surface area contributed by atoms with E-state index in [2.05, 4.69) is 15.0 Å². The van der Waals surface area contributed by atoms with Crippen molar-refractivity contribution in [3.8, 4) is 0 Å². The number of piperazine rings is 1. The molecule has 0 spiro atoms. The normalized spacial score (nSPS) is 14.7. The molecule has 1 aliphatic heterocycles. The quantitative estimate of drug-likeness (QED) is 0.770. The summed E-state index contributed by atoms with van der Waals surface area (Å²) in [7, 11) is 0. The number of H-pyrrole nitrogens is 1. The van der Waals surface area contributed by atoms with Crippen LogP contribution in [0.1, 0.15) is 20.7 Å². The lowest BCUT2D eigenvalue weighted by Crippen LogP contribution is -2.50. The highest BCUT2D eigenvalue weighted by molar-refractivity contribution is 5.98. The number of benzene rings is 1. The number of carbonyl (C=O) groups is 2. The Labute approximate surface area is 144 Å². The fourth-order valence-corrected chi connectivity index (χ4v) is 3.04. The summed E-state index contributed by atoms with van der Waals surface area (Å²) < 4.78 is 0. The number of nitrogens with one attached hydrogen (secondary N) is 1. The molecule has 1 fully saturated rings. The van der Waals surface area contributed by atoms with Crippen LogP contribution in [0.4, 0.5) is 0 Å². The number of amides is 2. The first kappa shape index (κ1) is 15.3. The predicted molar refractivity (Wildman–Crippen MR) is 92.1 cm³/mol. The third-order valence-corrected chi connectivity index (χ3v) is 4.45. The molecule has 7 nitrogen and oxygen atoms in total. The van der Waals surface area contributed by atoms with Crippen molar-refractivity contribution in [2.75, 3.05) is 26.2 Å². The molecule has 0 aliphatic carbocycles. The first-order valence-electron chi connectivity index (χ1n) is 8.14. The van der Waals surface area contributed by atoms with Crippen molar-refractivity contribution < 1.29 is 9.59 Å². The molecule has 0 unspecified atom stereocenters. The van der Waals surface area contributed by atoms with E-state index in [4.69, 9.17) is 0 Å². The molecular weight excluding hydrogens is 318 g/mol. The molecule has 4 rings (SSSR count). The SMILES string of the molecule is O=C(c1ccncc1)N1CCN(C(=O)c2ccc3nc[nH]c3c2)CC1. The zero-order valence-electron chi connectivity index (χ0n) is 13.6. The molecule has 7 heteroatoms. The van der Waals surface area contributed by atoms with Crippen molar-refractivity contribution in [2.45, 2.75) is 0 Å². The van der Waals surface area contributed by atoms with Gasteiger partial charge < -0.3 is 14.8 Å². The van der Waals surface area contributed by atoms with Gasteiger partial charge in [-0.3, -0.25) is 14.6 Å². The van der Waals surface area contributed by atoms with E-state index in [1.54, 1.807) is 46.7 Å². The van der Waals surface area contributed by atoms with Crippen molar-refractivity contribution in [2.24, 2.45) is 0 Å². The number of nitrogens with zero attached hydrogens (tertiary/aromatic N) is 4. The van der Waals surface area contributed by atoms with Gasteiger partial charge in [0.1, 0.15) is 0 Å². The van der Waals surface area contributed by atoms with Crippen LogP contribution in [-0.2, 0) is 0 Å². The Morgan fingerprint density at radius 3 is 2.20 bits per heavy atom. The lowest BCUT2D eigenvalue weighted by molar-refractivity contribution is 0.0535. The maximum Gasteiger partial charge on any atom is 0.254 e. The maximum absolute atomic E-state index is 12.7. The largest absolute Gasteiger partial charge is 0.345 e. The Morgan fingerprint density at radius 1 is 0.880 bits per heavy atom. The van der Waals surface area contributed by atoms with E-state index < -0.39 is 0 Å². The number of aromatic amines is 1. The minimum atomic E-state index is -0.0208. The number of fused-ring (bicyclic) bond motifs is 1. The second-order valence-electron chi connectivity index (χ2n) is 5.95. The molecule has 0 radical (unpaired) electrons. The molecule has 0 saturated carbocycles. The van der Waals surface area contributed by atoms with E-state index in [-0.39, 0.29) is 11.8 Å². The van der Waals surface area contributed by atoms with Gasteiger partial charge in [-0.15, -0.1) is 0 Å². The molecule has 1 saturated heterocycles. The highest BCUT2D eigenvalue weighted by Crippen LogP contribution is 2.15. The van der Waals surface area contributed by atoms with Crippen LogP contribution in [0.2, 0.25) is 0 Å². The summed E-state index contributed by atoms with van der Waals surface area (Å²) in [4.78, 5) is 39.8. The molecule has 2 amide bonds. The minimum Gasteiger partial charge on any atom is -0.345 e. The Balaban J connectivity index is 1.42.